The first-order chi connectivity index (χ1) is 8.16. The summed E-state index contributed by atoms with van der Waals surface area (Å²) in [6, 6.07) is 14.9. The molecule has 17 heavy (non-hydrogen) atoms. The first-order valence-electron chi connectivity index (χ1n) is 5.29. The van der Waals surface area contributed by atoms with Gasteiger partial charge in [0.25, 0.3) is 0 Å². The molecule has 0 saturated carbocycles. The van der Waals surface area contributed by atoms with Crippen LogP contribution in [0.5, 0.6) is 0 Å². The van der Waals surface area contributed by atoms with Crippen LogP contribution in [0.1, 0.15) is 15.9 Å². The smallest absolute Gasteiger partial charge is 0.169 e. The lowest BCUT2D eigenvalue weighted by atomic mass is 10.0. The highest BCUT2D eigenvalue weighted by Crippen LogP contribution is 2.16. The summed E-state index contributed by atoms with van der Waals surface area (Å²) in [5.74, 6) is 0.0467. The van der Waals surface area contributed by atoms with Gasteiger partial charge in [-0.15, -0.1) is 0 Å². The molecule has 0 spiro atoms. The zero-order chi connectivity index (χ0) is 12.3. The standard InChI is InChI=1S/C14H12BrNO/c15-11-7-5-10(6-8-11)9-14(17)12-3-1-2-4-13(12)16/h1-8H,9,16H2. The van der Waals surface area contributed by atoms with E-state index < -0.39 is 0 Å². The molecule has 0 fully saturated rings. The average Bonchev–Trinajstić information content (AvgIpc) is 2.32. The Morgan fingerprint density at radius 3 is 2.35 bits per heavy atom. The van der Waals surface area contributed by atoms with E-state index in [-0.39, 0.29) is 5.78 Å². The number of Topliss-reactive ketones (excluding diaryl/α,β-unsaturated/α-hetero) is 1. The molecule has 0 saturated heterocycles. The lowest BCUT2D eigenvalue weighted by molar-refractivity contribution is 0.0994. The number of nitrogens with two attached hydrogens (primary N) is 1. The number of benzene rings is 2. The summed E-state index contributed by atoms with van der Waals surface area (Å²) in [6.07, 6.45) is 0.376. The summed E-state index contributed by atoms with van der Waals surface area (Å²) >= 11 is 3.36. The normalized spacial score (nSPS) is 10.2. The number of hydrogen-bond donors (Lipinski definition) is 1. The molecule has 0 aliphatic carbocycles. The highest BCUT2D eigenvalue weighted by molar-refractivity contribution is 9.10. The first-order valence-corrected chi connectivity index (χ1v) is 6.08. The molecular weight excluding hydrogens is 278 g/mol. The highest BCUT2D eigenvalue weighted by atomic mass is 79.9. The maximum Gasteiger partial charge on any atom is 0.169 e. The Morgan fingerprint density at radius 1 is 1.06 bits per heavy atom. The summed E-state index contributed by atoms with van der Waals surface area (Å²) in [5.41, 5.74) is 7.89. The van der Waals surface area contributed by atoms with E-state index in [2.05, 4.69) is 15.9 Å². The van der Waals surface area contributed by atoms with Gasteiger partial charge in [0, 0.05) is 22.1 Å². The number of nitrogen functional groups attached to an aromatic ring is 1. The number of carbonyl (C=O) groups is 1. The predicted molar refractivity (Wildman–Crippen MR) is 73.0 cm³/mol. The number of halogens is 1. The molecule has 2 rings (SSSR count). The van der Waals surface area contributed by atoms with Gasteiger partial charge in [0.1, 0.15) is 0 Å². The zero-order valence-electron chi connectivity index (χ0n) is 9.19. The Labute approximate surface area is 109 Å². The fraction of sp³-hybridized carbons (Fsp3) is 0.0714. The van der Waals surface area contributed by atoms with Crippen molar-refractivity contribution in [3.05, 3.63) is 64.1 Å². The van der Waals surface area contributed by atoms with Gasteiger partial charge in [-0.05, 0) is 29.8 Å². The van der Waals surface area contributed by atoms with Crippen LogP contribution >= 0.6 is 15.9 Å². The quantitative estimate of drug-likeness (QED) is 0.695. The summed E-state index contributed by atoms with van der Waals surface area (Å²) in [4.78, 5) is 12.0. The van der Waals surface area contributed by atoms with E-state index in [1.165, 1.54) is 0 Å². The molecule has 0 aliphatic heterocycles. The number of ketones is 1. The molecular formula is C14H12BrNO. The Balaban J connectivity index is 2.17. The lowest BCUT2D eigenvalue weighted by Gasteiger charge is -2.04. The maximum atomic E-state index is 12.0. The number of anilines is 1. The predicted octanol–water partition coefficient (Wildman–Crippen LogP) is 3.46. The van der Waals surface area contributed by atoms with Gasteiger partial charge < -0.3 is 5.73 Å². The molecule has 0 radical (unpaired) electrons. The van der Waals surface area contributed by atoms with E-state index in [1.54, 1.807) is 12.1 Å². The highest BCUT2D eigenvalue weighted by Gasteiger charge is 2.09. The molecule has 0 aliphatic rings. The summed E-state index contributed by atoms with van der Waals surface area (Å²) in [6.45, 7) is 0. The van der Waals surface area contributed by atoms with Gasteiger partial charge in [-0.3, -0.25) is 4.79 Å². The molecule has 2 N–H and O–H groups in total. The zero-order valence-corrected chi connectivity index (χ0v) is 10.8. The van der Waals surface area contributed by atoms with E-state index >= 15 is 0 Å². The van der Waals surface area contributed by atoms with E-state index in [9.17, 15) is 4.79 Å². The minimum Gasteiger partial charge on any atom is -0.398 e. The van der Waals surface area contributed by atoms with Crippen LogP contribution in [0, 0.1) is 0 Å². The van der Waals surface area contributed by atoms with Crippen molar-refractivity contribution in [1.29, 1.82) is 0 Å². The van der Waals surface area contributed by atoms with Crippen LogP contribution in [0.4, 0.5) is 5.69 Å². The Morgan fingerprint density at radius 2 is 1.71 bits per heavy atom. The maximum absolute atomic E-state index is 12.0. The molecule has 0 heterocycles. The number of para-hydroxylation sites is 1. The van der Waals surface area contributed by atoms with Crippen molar-refractivity contribution in [2.75, 3.05) is 5.73 Å². The monoisotopic (exact) mass is 289 g/mol. The topological polar surface area (TPSA) is 43.1 Å². The van der Waals surface area contributed by atoms with Crippen molar-refractivity contribution < 1.29 is 4.79 Å². The number of hydrogen-bond acceptors (Lipinski definition) is 2. The third-order valence-electron chi connectivity index (χ3n) is 2.54. The minimum atomic E-state index is 0.0467. The van der Waals surface area contributed by atoms with E-state index in [0.717, 1.165) is 10.0 Å². The van der Waals surface area contributed by atoms with Gasteiger partial charge in [-0.1, -0.05) is 40.2 Å². The Bertz CT molecular complexity index is 534. The molecule has 0 bridgehead atoms. The SMILES string of the molecule is Nc1ccccc1C(=O)Cc1ccc(Br)cc1. The third kappa shape index (κ3) is 2.94. The van der Waals surface area contributed by atoms with Crippen LogP contribution in [0.15, 0.2) is 53.0 Å². The second kappa shape index (κ2) is 5.15. The van der Waals surface area contributed by atoms with Gasteiger partial charge >= 0.3 is 0 Å². The third-order valence-corrected chi connectivity index (χ3v) is 3.07. The molecule has 86 valence electrons. The fourth-order valence-electron chi connectivity index (χ4n) is 1.63. The van der Waals surface area contributed by atoms with Crippen LogP contribution in [0.3, 0.4) is 0 Å². The molecule has 3 heteroatoms. The Hall–Kier alpha value is -1.61. The van der Waals surface area contributed by atoms with Gasteiger partial charge in [-0.25, -0.2) is 0 Å². The molecule has 0 atom stereocenters. The van der Waals surface area contributed by atoms with Gasteiger partial charge in [-0.2, -0.15) is 0 Å². The van der Waals surface area contributed by atoms with Gasteiger partial charge in [0.15, 0.2) is 5.78 Å². The minimum absolute atomic E-state index is 0.0467. The van der Waals surface area contributed by atoms with Crippen LogP contribution in [0.25, 0.3) is 0 Å². The van der Waals surface area contributed by atoms with Crippen LogP contribution < -0.4 is 5.73 Å². The molecule has 0 unspecified atom stereocenters. The van der Waals surface area contributed by atoms with E-state index in [0.29, 0.717) is 17.7 Å². The molecule has 2 nitrogen and oxygen atoms in total. The number of rotatable bonds is 3. The number of carbonyl (C=O) groups excluding carboxylic acids is 1. The van der Waals surface area contributed by atoms with Crippen LogP contribution in [-0.2, 0) is 6.42 Å². The average molecular weight is 290 g/mol. The van der Waals surface area contributed by atoms with Gasteiger partial charge in [0.05, 0.1) is 0 Å². The van der Waals surface area contributed by atoms with Crippen molar-refractivity contribution in [2.45, 2.75) is 6.42 Å². The van der Waals surface area contributed by atoms with Crippen molar-refractivity contribution in [2.24, 2.45) is 0 Å². The second-order valence-electron chi connectivity index (χ2n) is 3.81. The lowest BCUT2D eigenvalue weighted by Crippen LogP contribution is -2.06. The summed E-state index contributed by atoms with van der Waals surface area (Å²) in [5, 5.41) is 0. The van der Waals surface area contributed by atoms with Crippen molar-refractivity contribution in [3.8, 4) is 0 Å². The van der Waals surface area contributed by atoms with E-state index in [1.807, 2.05) is 36.4 Å². The molecule has 2 aromatic rings. The summed E-state index contributed by atoms with van der Waals surface area (Å²) < 4.78 is 1.01. The fourth-order valence-corrected chi connectivity index (χ4v) is 1.90. The molecule has 0 aromatic heterocycles. The largest absolute Gasteiger partial charge is 0.398 e. The van der Waals surface area contributed by atoms with Crippen LogP contribution in [-0.4, -0.2) is 5.78 Å². The van der Waals surface area contributed by atoms with Crippen molar-refractivity contribution >= 4 is 27.4 Å². The Kier molecular flexibility index (Phi) is 3.59. The molecule has 2 aromatic carbocycles. The van der Waals surface area contributed by atoms with Gasteiger partial charge in [0.2, 0.25) is 0 Å². The first kappa shape index (κ1) is 11.9. The van der Waals surface area contributed by atoms with E-state index in [4.69, 9.17) is 5.73 Å². The molecule has 0 amide bonds. The second-order valence-corrected chi connectivity index (χ2v) is 4.73. The van der Waals surface area contributed by atoms with Crippen LogP contribution in [0.2, 0.25) is 0 Å². The van der Waals surface area contributed by atoms with Crippen molar-refractivity contribution in [3.63, 3.8) is 0 Å². The van der Waals surface area contributed by atoms with Crippen molar-refractivity contribution in [1.82, 2.24) is 0 Å². The summed E-state index contributed by atoms with van der Waals surface area (Å²) in [7, 11) is 0.